The molecule has 0 N–H and O–H groups in total. The number of rotatable bonds is 6. The third-order valence-electron chi connectivity index (χ3n) is 6.93. The number of benzene rings is 4. The zero-order valence-electron chi connectivity index (χ0n) is 21.0. The molecule has 2 aromatic heterocycles. The monoisotopic (exact) mass is 538 g/mol. The maximum atomic E-state index is 14.7. The summed E-state index contributed by atoms with van der Waals surface area (Å²) in [6, 6.07) is 31.6. The van der Waals surface area contributed by atoms with Crippen molar-refractivity contribution in [3.63, 3.8) is 0 Å². The summed E-state index contributed by atoms with van der Waals surface area (Å²) < 4.78 is 61.7. The van der Waals surface area contributed by atoms with Gasteiger partial charge < -0.3 is 4.57 Å². The molecule has 0 saturated heterocycles. The van der Waals surface area contributed by atoms with Crippen molar-refractivity contribution < 1.29 is 17.6 Å². The second kappa shape index (κ2) is 9.96. The third-order valence-corrected chi connectivity index (χ3v) is 6.93. The summed E-state index contributed by atoms with van der Waals surface area (Å²) in [6.07, 6.45) is 1.10. The fourth-order valence-electron chi connectivity index (χ4n) is 5.24. The Morgan fingerprint density at radius 3 is 1.68 bits per heavy atom. The molecule has 0 spiro atoms. The predicted molar refractivity (Wildman–Crippen MR) is 144 cm³/mol. The average molecular weight is 539 g/mol. The van der Waals surface area contributed by atoms with Crippen LogP contribution in [0.3, 0.4) is 0 Å². The lowest BCUT2D eigenvalue weighted by Crippen LogP contribution is -2.38. The highest BCUT2D eigenvalue weighted by molar-refractivity contribution is 5.75. The third kappa shape index (κ3) is 4.27. The van der Waals surface area contributed by atoms with E-state index < -0.39 is 23.2 Å². The molecule has 0 aliphatic rings. The first-order valence-corrected chi connectivity index (χ1v) is 12.5. The second-order valence-corrected chi connectivity index (χ2v) is 9.27. The molecule has 6 aromatic rings. The van der Waals surface area contributed by atoms with E-state index in [0.717, 1.165) is 6.07 Å². The summed E-state index contributed by atoms with van der Waals surface area (Å²) in [6.45, 7) is 0. The Kier molecular flexibility index (Phi) is 6.30. The maximum Gasteiger partial charge on any atom is 0.435 e. The number of hydrogen-bond donors (Lipinski definition) is 0. The van der Waals surface area contributed by atoms with Crippen molar-refractivity contribution in [1.29, 1.82) is 0 Å². The van der Waals surface area contributed by atoms with Crippen LogP contribution < -0.4 is 0 Å². The van der Waals surface area contributed by atoms with E-state index in [1.165, 1.54) is 35.5 Å². The summed E-state index contributed by atoms with van der Waals surface area (Å²) in [7, 11) is 0. The van der Waals surface area contributed by atoms with E-state index in [1.54, 1.807) is 10.8 Å². The minimum absolute atomic E-state index is 0.0414. The predicted octanol–water partition coefficient (Wildman–Crippen LogP) is 7.73. The van der Waals surface area contributed by atoms with Crippen molar-refractivity contribution in [2.75, 3.05) is 0 Å². The highest BCUT2D eigenvalue weighted by Gasteiger charge is 2.44. The van der Waals surface area contributed by atoms with Gasteiger partial charge in [0.15, 0.2) is 5.69 Å². The van der Waals surface area contributed by atoms with Gasteiger partial charge in [0.05, 0.1) is 12.0 Å². The van der Waals surface area contributed by atoms with Crippen LogP contribution >= 0.6 is 0 Å². The molecule has 0 aliphatic carbocycles. The van der Waals surface area contributed by atoms with Gasteiger partial charge in [-0.15, -0.1) is 0 Å². The molecule has 0 saturated carbocycles. The molecule has 198 valence electrons. The molecule has 0 atom stereocenters. The van der Waals surface area contributed by atoms with Gasteiger partial charge >= 0.3 is 6.18 Å². The van der Waals surface area contributed by atoms with Crippen molar-refractivity contribution in [3.8, 4) is 16.8 Å². The van der Waals surface area contributed by atoms with Gasteiger partial charge in [-0.1, -0.05) is 91.0 Å². The Balaban J connectivity index is 1.73. The quantitative estimate of drug-likeness (QED) is 0.161. The minimum Gasteiger partial charge on any atom is -0.306 e. The topological polar surface area (TPSA) is 35.6 Å². The molecule has 0 bridgehead atoms. The van der Waals surface area contributed by atoms with Gasteiger partial charge in [0, 0.05) is 29.7 Å². The SMILES string of the molecule is Fc1ccc(-n2ccnc2)c(-c2cn(C(c3ccccc3)(c3ccccc3)c3ccccc3)nc2C(F)(F)F)c1. The first-order valence-electron chi connectivity index (χ1n) is 12.5. The number of halogens is 4. The second-order valence-electron chi connectivity index (χ2n) is 9.27. The van der Waals surface area contributed by atoms with Crippen LogP contribution in [-0.4, -0.2) is 19.3 Å². The van der Waals surface area contributed by atoms with E-state index >= 15 is 0 Å². The fourth-order valence-corrected chi connectivity index (χ4v) is 5.24. The molecule has 0 radical (unpaired) electrons. The van der Waals surface area contributed by atoms with E-state index in [9.17, 15) is 17.6 Å². The van der Waals surface area contributed by atoms with Crippen molar-refractivity contribution in [2.45, 2.75) is 11.7 Å². The van der Waals surface area contributed by atoms with Crippen LogP contribution in [0.15, 0.2) is 134 Å². The molecule has 2 heterocycles. The van der Waals surface area contributed by atoms with Crippen LogP contribution in [0.4, 0.5) is 17.6 Å². The van der Waals surface area contributed by atoms with Crippen LogP contribution in [-0.2, 0) is 11.7 Å². The zero-order valence-corrected chi connectivity index (χ0v) is 21.0. The maximum absolute atomic E-state index is 14.7. The first-order chi connectivity index (χ1) is 19.4. The highest BCUT2D eigenvalue weighted by Crippen LogP contribution is 2.45. The van der Waals surface area contributed by atoms with Gasteiger partial charge in [0.25, 0.3) is 0 Å². The largest absolute Gasteiger partial charge is 0.435 e. The minimum atomic E-state index is -4.82. The molecular formula is C32H22F4N4. The summed E-state index contributed by atoms with van der Waals surface area (Å²) in [4.78, 5) is 4.02. The highest BCUT2D eigenvalue weighted by atomic mass is 19.4. The number of aromatic nitrogens is 4. The van der Waals surface area contributed by atoms with Crippen molar-refractivity contribution in [1.82, 2.24) is 19.3 Å². The van der Waals surface area contributed by atoms with Gasteiger partial charge in [-0.05, 0) is 34.9 Å². The molecular weight excluding hydrogens is 516 g/mol. The van der Waals surface area contributed by atoms with E-state index in [-0.39, 0.29) is 11.1 Å². The Morgan fingerprint density at radius 2 is 1.20 bits per heavy atom. The van der Waals surface area contributed by atoms with Crippen LogP contribution in [0.2, 0.25) is 0 Å². The summed E-state index contributed by atoms with van der Waals surface area (Å²) in [5.41, 5.74) is -0.120. The van der Waals surface area contributed by atoms with Gasteiger partial charge in [-0.3, -0.25) is 4.68 Å². The molecule has 0 aliphatic heterocycles. The van der Waals surface area contributed by atoms with Crippen LogP contribution in [0.25, 0.3) is 16.8 Å². The standard InChI is InChI=1S/C32H22F4N4/c33-26-16-17-29(39-19-18-37-22-39)27(20-26)28-21-40(38-30(28)32(34,35)36)31(23-10-4-1-5-11-23,24-12-6-2-7-13-24)25-14-8-3-9-15-25/h1-22H. The molecule has 6 rings (SSSR count). The Labute approximate surface area is 227 Å². The van der Waals surface area contributed by atoms with Crippen LogP contribution in [0.1, 0.15) is 22.4 Å². The molecule has 0 amide bonds. The Bertz CT molecular complexity index is 1630. The lowest BCUT2D eigenvalue weighted by Gasteiger charge is -2.36. The summed E-state index contributed by atoms with van der Waals surface area (Å²) >= 11 is 0. The Hall–Kier alpha value is -4.98. The molecule has 0 unspecified atom stereocenters. The molecule has 8 heteroatoms. The van der Waals surface area contributed by atoms with E-state index in [1.807, 2.05) is 91.0 Å². The number of hydrogen-bond acceptors (Lipinski definition) is 2. The van der Waals surface area contributed by atoms with Gasteiger partial charge in [-0.25, -0.2) is 9.37 Å². The van der Waals surface area contributed by atoms with E-state index in [2.05, 4.69) is 10.1 Å². The molecule has 0 fully saturated rings. The number of alkyl halides is 3. The first kappa shape index (κ1) is 25.3. The van der Waals surface area contributed by atoms with Crippen LogP contribution in [0.5, 0.6) is 0 Å². The van der Waals surface area contributed by atoms with Crippen molar-refractivity contribution in [3.05, 3.63) is 162 Å². The average Bonchev–Trinajstić information content (AvgIpc) is 3.67. The van der Waals surface area contributed by atoms with E-state index in [0.29, 0.717) is 22.4 Å². The van der Waals surface area contributed by atoms with Gasteiger partial charge in [0.1, 0.15) is 11.4 Å². The number of nitrogens with zero attached hydrogens (tertiary/aromatic N) is 4. The molecule has 40 heavy (non-hydrogen) atoms. The summed E-state index contributed by atoms with van der Waals surface area (Å²) in [5, 5.41) is 4.26. The lowest BCUT2D eigenvalue weighted by molar-refractivity contribution is -0.141. The smallest absolute Gasteiger partial charge is 0.306 e. The molecule has 4 nitrogen and oxygen atoms in total. The molecule has 4 aromatic carbocycles. The van der Waals surface area contributed by atoms with Gasteiger partial charge in [0.2, 0.25) is 0 Å². The Morgan fingerprint density at radius 1 is 0.650 bits per heavy atom. The van der Waals surface area contributed by atoms with Gasteiger partial charge in [-0.2, -0.15) is 18.3 Å². The number of imidazole rings is 1. The zero-order chi connectivity index (χ0) is 27.7. The fraction of sp³-hybridized carbons (Fsp3) is 0.0625. The van der Waals surface area contributed by atoms with Crippen molar-refractivity contribution >= 4 is 0 Å². The normalized spacial score (nSPS) is 12.0. The van der Waals surface area contributed by atoms with E-state index in [4.69, 9.17) is 0 Å². The summed E-state index contributed by atoms with van der Waals surface area (Å²) in [5.74, 6) is -0.666. The van der Waals surface area contributed by atoms with Crippen molar-refractivity contribution in [2.24, 2.45) is 0 Å². The lowest BCUT2D eigenvalue weighted by atomic mass is 9.77. The van der Waals surface area contributed by atoms with Crippen LogP contribution in [0, 0.1) is 5.82 Å².